The lowest BCUT2D eigenvalue weighted by Crippen LogP contribution is -2.46. The van der Waals surface area contributed by atoms with Crippen LogP contribution in [0.15, 0.2) is 0 Å². The van der Waals surface area contributed by atoms with Gasteiger partial charge in [0.05, 0.1) is 7.11 Å². The number of hydrogen-bond acceptors (Lipinski definition) is 4. The molecule has 15 heavy (non-hydrogen) atoms. The average molecular weight is 233 g/mol. The van der Waals surface area contributed by atoms with Crippen LogP contribution in [0.5, 0.6) is 0 Å². The predicted molar refractivity (Wildman–Crippen MR) is 66.0 cm³/mol. The number of ether oxygens (including phenoxy) is 1. The van der Waals surface area contributed by atoms with Crippen LogP contribution < -0.4 is 5.73 Å². The zero-order valence-electron chi connectivity index (χ0n) is 10.2. The Hall–Kier alpha value is -0.220. The molecule has 0 fully saturated rings. The number of thioether (sulfide) groups is 1. The van der Waals surface area contributed by atoms with Crippen LogP contribution in [0, 0.1) is 5.92 Å². The topological polar surface area (TPSA) is 52.3 Å². The molecular weight excluding hydrogens is 210 g/mol. The van der Waals surface area contributed by atoms with Crippen molar-refractivity contribution in [2.75, 3.05) is 18.6 Å². The molecule has 0 amide bonds. The maximum Gasteiger partial charge on any atom is 0.325 e. The van der Waals surface area contributed by atoms with Gasteiger partial charge in [0.25, 0.3) is 0 Å². The molecule has 2 unspecified atom stereocenters. The van der Waals surface area contributed by atoms with Crippen LogP contribution in [0.2, 0.25) is 0 Å². The lowest BCUT2D eigenvalue weighted by Gasteiger charge is -2.21. The summed E-state index contributed by atoms with van der Waals surface area (Å²) in [6, 6.07) is 0. The van der Waals surface area contributed by atoms with Gasteiger partial charge < -0.3 is 10.5 Å². The van der Waals surface area contributed by atoms with Crippen molar-refractivity contribution in [2.24, 2.45) is 11.7 Å². The van der Waals surface area contributed by atoms with E-state index in [0.717, 1.165) is 17.4 Å². The minimum atomic E-state index is -0.836. The largest absolute Gasteiger partial charge is 0.468 e. The average Bonchev–Trinajstić information content (AvgIpc) is 2.22. The van der Waals surface area contributed by atoms with Crippen LogP contribution in [0.1, 0.15) is 33.6 Å². The highest BCUT2D eigenvalue weighted by molar-refractivity contribution is 7.99. The maximum absolute atomic E-state index is 11.3. The van der Waals surface area contributed by atoms with E-state index in [1.165, 1.54) is 13.5 Å². The quantitative estimate of drug-likeness (QED) is 0.540. The Morgan fingerprint density at radius 1 is 1.60 bits per heavy atom. The summed E-state index contributed by atoms with van der Waals surface area (Å²) in [7, 11) is 1.37. The minimum absolute atomic E-state index is 0.327. The van der Waals surface area contributed by atoms with Gasteiger partial charge in [0.2, 0.25) is 0 Å². The van der Waals surface area contributed by atoms with Gasteiger partial charge in [0.1, 0.15) is 5.54 Å². The fraction of sp³-hybridized carbons (Fsp3) is 0.909. The summed E-state index contributed by atoms with van der Waals surface area (Å²) >= 11 is 1.85. The molecule has 2 N–H and O–H groups in total. The summed E-state index contributed by atoms with van der Waals surface area (Å²) < 4.78 is 4.64. The molecule has 2 atom stereocenters. The second-order valence-corrected chi connectivity index (χ2v) is 5.40. The van der Waals surface area contributed by atoms with Crippen molar-refractivity contribution in [3.05, 3.63) is 0 Å². The van der Waals surface area contributed by atoms with Crippen molar-refractivity contribution in [1.82, 2.24) is 0 Å². The third-order valence-electron chi connectivity index (χ3n) is 2.52. The Bertz CT molecular complexity index is 195. The second-order valence-electron chi connectivity index (χ2n) is 4.25. The number of rotatable bonds is 7. The molecule has 0 aromatic carbocycles. The number of hydrogen-bond donors (Lipinski definition) is 1. The molecule has 0 saturated carbocycles. The normalized spacial score (nSPS) is 16.9. The Kier molecular flexibility index (Phi) is 7.02. The third kappa shape index (κ3) is 6.05. The molecule has 0 bridgehead atoms. The van der Waals surface area contributed by atoms with Crippen molar-refractivity contribution < 1.29 is 9.53 Å². The van der Waals surface area contributed by atoms with Crippen LogP contribution in [0.4, 0.5) is 0 Å². The molecule has 0 heterocycles. The summed E-state index contributed by atoms with van der Waals surface area (Å²) in [4.78, 5) is 11.3. The number of nitrogens with two attached hydrogens (primary N) is 1. The van der Waals surface area contributed by atoms with Crippen LogP contribution in [-0.2, 0) is 9.53 Å². The highest BCUT2D eigenvalue weighted by Gasteiger charge is 2.28. The summed E-state index contributed by atoms with van der Waals surface area (Å²) in [5.74, 6) is 2.45. The molecule has 3 nitrogen and oxygen atoms in total. The molecule has 0 aromatic heterocycles. The third-order valence-corrected chi connectivity index (χ3v) is 3.81. The maximum atomic E-state index is 11.3. The van der Waals surface area contributed by atoms with Crippen LogP contribution in [-0.4, -0.2) is 30.1 Å². The fourth-order valence-corrected chi connectivity index (χ4v) is 2.39. The molecule has 0 spiro atoms. The van der Waals surface area contributed by atoms with Gasteiger partial charge >= 0.3 is 5.97 Å². The van der Waals surface area contributed by atoms with Gasteiger partial charge in [0, 0.05) is 0 Å². The lowest BCUT2D eigenvalue weighted by molar-refractivity contribution is -0.146. The Balaban J connectivity index is 3.71. The minimum Gasteiger partial charge on any atom is -0.468 e. The van der Waals surface area contributed by atoms with Gasteiger partial charge in [-0.1, -0.05) is 20.3 Å². The molecule has 0 aliphatic carbocycles. The van der Waals surface area contributed by atoms with E-state index >= 15 is 0 Å². The van der Waals surface area contributed by atoms with Gasteiger partial charge in [-0.05, 0) is 30.8 Å². The molecule has 0 aliphatic heterocycles. The second kappa shape index (κ2) is 7.12. The van der Waals surface area contributed by atoms with Crippen molar-refractivity contribution >= 4 is 17.7 Å². The first-order valence-corrected chi connectivity index (χ1v) is 6.54. The number of carbonyl (C=O) groups excluding carboxylic acids is 1. The first-order chi connectivity index (χ1) is 6.94. The summed E-state index contributed by atoms with van der Waals surface area (Å²) in [5.41, 5.74) is 5.00. The van der Waals surface area contributed by atoms with Gasteiger partial charge in [-0.15, -0.1) is 0 Å². The van der Waals surface area contributed by atoms with Crippen molar-refractivity contribution in [3.63, 3.8) is 0 Å². The van der Waals surface area contributed by atoms with E-state index in [1.807, 2.05) is 11.8 Å². The first kappa shape index (κ1) is 14.8. The van der Waals surface area contributed by atoms with Gasteiger partial charge in [-0.2, -0.15) is 11.8 Å². The monoisotopic (exact) mass is 233 g/mol. The zero-order valence-corrected chi connectivity index (χ0v) is 11.0. The van der Waals surface area contributed by atoms with Gasteiger partial charge in [0.15, 0.2) is 0 Å². The number of esters is 1. The van der Waals surface area contributed by atoms with E-state index in [-0.39, 0.29) is 5.97 Å². The van der Waals surface area contributed by atoms with E-state index in [1.54, 1.807) is 6.92 Å². The first-order valence-electron chi connectivity index (χ1n) is 5.39. The van der Waals surface area contributed by atoms with Crippen molar-refractivity contribution in [1.29, 1.82) is 0 Å². The molecular formula is C11H23NO2S. The molecule has 90 valence electrons. The zero-order chi connectivity index (χ0) is 11.9. The van der Waals surface area contributed by atoms with Crippen LogP contribution in [0.3, 0.4) is 0 Å². The predicted octanol–water partition coefficient (Wildman–Crippen LogP) is 2.05. The standard InChI is InChI=1S/C11H23NO2S/c1-5-9(2)8-15-7-6-11(3,12)10(13)14-4/h9H,5-8,12H2,1-4H3. The SMILES string of the molecule is CCC(C)CSCCC(C)(N)C(=O)OC. The Labute approximate surface area is 97.1 Å². The van der Waals surface area contributed by atoms with Gasteiger partial charge in [-0.25, -0.2) is 0 Å². The van der Waals surface area contributed by atoms with Crippen LogP contribution >= 0.6 is 11.8 Å². The number of methoxy groups -OCH3 is 1. The molecule has 0 radical (unpaired) electrons. The molecule has 0 aliphatic rings. The number of carbonyl (C=O) groups is 1. The molecule has 4 heteroatoms. The summed E-state index contributed by atoms with van der Waals surface area (Å²) in [5, 5.41) is 0. The highest BCUT2D eigenvalue weighted by Crippen LogP contribution is 2.16. The fourth-order valence-electron chi connectivity index (χ4n) is 1.02. The Morgan fingerprint density at radius 3 is 2.67 bits per heavy atom. The molecule has 0 saturated heterocycles. The van der Waals surface area contributed by atoms with E-state index in [4.69, 9.17) is 5.73 Å². The van der Waals surface area contributed by atoms with Crippen molar-refractivity contribution in [2.45, 2.75) is 39.2 Å². The highest BCUT2D eigenvalue weighted by atomic mass is 32.2. The summed E-state index contributed by atoms with van der Waals surface area (Å²) in [6.07, 6.45) is 1.87. The van der Waals surface area contributed by atoms with Gasteiger partial charge in [-0.3, -0.25) is 4.79 Å². The smallest absolute Gasteiger partial charge is 0.325 e. The van der Waals surface area contributed by atoms with Crippen LogP contribution in [0.25, 0.3) is 0 Å². The lowest BCUT2D eigenvalue weighted by atomic mass is 10.0. The van der Waals surface area contributed by atoms with E-state index in [0.29, 0.717) is 6.42 Å². The summed E-state index contributed by atoms with van der Waals surface area (Å²) in [6.45, 7) is 6.14. The van der Waals surface area contributed by atoms with Crippen molar-refractivity contribution in [3.8, 4) is 0 Å². The van der Waals surface area contributed by atoms with E-state index < -0.39 is 5.54 Å². The van der Waals surface area contributed by atoms with E-state index in [9.17, 15) is 4.79 Å². The Morgan fingerprint density at radius 2 is 2.20 bits per heavy atom. The van der Waals surface area contributed by atoms with E-state index in [2.05, 4.69) is 18.6 Å². The molecule has 0 rings (SSSR count). The molecule has 0 aromatic rings.